The van der Waals surface area contributed by atoms with Crippen LogP contribution >= 0.6 is 0 Å². The lowest BCUT2D eigenvalue weighted by Gasteiger charge is -2.25. The first-order valence-electron chi connectivity index (χ1n) is 14.0. The zero-order valence-electron chi connectivity index (χ0n) is 23.0. The fourth-order valence-corrected chi connectivity index (χ4v) is 5.32. The third kappa shape index (κ3) is 7.28. The van der Waals surface area contributed by atoms with Crippen LogP contribution in [0.3, 0.4) is 0 Å². The number of ether oxygens (including phenoxy) is 2. The van der Waals surface area contributed by atoms with Gasteiger partial charge < -0.3 is 19.8 Å². The van der Waals surface area contributed by atoms with Crippen LogP contribution in [0, 0.1) is 5.92 Å². The Labute approximate surface area is 231 Å². The van der Waals surface area contributed by atoms with Crippen LogP contribution in [0.25, 0.3) is 10.9 Å². The summed E-state index contributed by atoms with van der Waals surface area (Å²) in [6.45, 7) is 9.61. The topological polar surface area (TPSA) is 66.6 Å². The molecule has 0 fully saturated rings. The minimum absolute atomic E-state index is 0.0709. The van der Waals surface area contributed by atoms with Gasteiger partial charge in [-0.05, 0) is 58.9 Å². The Morgan fingerprint density at radius 3 is 2.77 bits per heavy atom. The summed E-state index contributed by atoms with van der Waals surface area (Å²) in [5.74, 6) is 1.32. The van der Waals surface area contributed by atoms with Crippen molar-refractivity contribution in [3.8, 4) is 5.75 Å². The van der Waals surface area contributed by atoms with Crippen molar-refractivity contribution in [2.45, 2.75) is 33.2 Å². The molecule has 1 aliphatic heterocycles. The van der Waals surface area contributed by atoms with E-state index in [1.54, 1.807) is 0 Å². The molecule has 6 heteroatoms. The van der Waals surface area contributed by atoms with Crippen LogP contribution in [0.5, 0.6) is 5.75 Å². The second kappa shape index (κ2) is 13.0. The highest BCUT2D eigenvalue weighted by atomic mass is 16.5. The Morgan fingerprint density at radius 2 is 1.87 bits per heavy atom. The van der Waals surface area contributed by atoms with Gasteiger partial charge in [-0.25, -0.2) is 0 Å². The number of carbonyl (C=O) groups excluding carboxylic acids is 1. The van der Waals surface area contributed by atoms with Gasteiger partial charge in [-0.1, -0.05) is 56.3 Å². The molecular formula is C33H39N3O3. The summed E-state index contributed by atoms with van der Waals surface area (Å²) in [5, 5.41) is 4.30. The fourth-order valence-electron chi connectivity index (χ4n) is 5.32. The molecule has 0 unspecified atom stereocenters. The predicted molar refractivity (Wildman–Crippen MR) is 156 cm³/mol. The highest BCUT2D eigenvalue weighted by Gasteiger charge is 2.14. The van der Waals surface area contributed by atoms with Crippen molar-refractivity contribution in [2.24, 2.45) is 5.92 Å². The van der Waals surface area contributed by atoms with Crippen molar-refractivity contribution in [2.75, 3.05) is 39.5 Å². The molecule has 204 valence electrons. The van der Waals surface area contributed by atoms with E-state index in [4.69, 9.17) is 9.47 Å². The molecule has 2 N–H and O–H groups in total. The zero-order chi connectivity index (χ0) is 27.0. The molecule has 0 aliphatic carbocycles. The quantitative estimate of drug-likeness (QED) is 0.344. The van der Waals surface area contributed by atoms with Crippen molar-refractivity contribution in [3.63, 3.8) is 0 Å². The molecule has 4 aromatic rings. The standard InChI is InChI=1S/C33H39N3O3/c1-24(2)22-36-14-15-38-16-17-39-32-11-10-27(20-29(32)19-25-6-5-7-26(18-25)23-36)33(37)34-13-12-28-21-35-31-9-4-3-8-30(28)31/h3-11,18,20-21,24,35H,12-17,19,22-23H2,1-2H3,(H,34,37). The van der Waals surface area contributed by atoms with Gasteiger partial charge in [0.1, 0.15) is 12.4 Å². The first kappa shape index (κ1) is 27.0. The van der Waals surface area contributed by atoms with E-state index in [0.717, 1.165) is 42.9 Å². The average Bonchev–Trinajstić information content (AvgIpc) is 3.33. The highest BCUT2D eigenvalue weighted by molar-refractivity contribution is 5.94. The van der Waals surface area contributed by atoms with Crippen LogP contribution in [0.4, 0.5) is 0 Å². The normalized spacial score (nSPS) is 14.9. The van der Waals surface area contributed by atoms with Crippen LogP contribution < -0.4 is 10.1 Å². The predicted octanol–water partition coefficient (Wildman–Crippen LogP) is 5.60. The molecule has 2 heterocycles. The van der Waals surface area contributed by atoms with Gasteiger partial charge in [-0.3, -0.25) is 9.69 Å². The summed E-state index contributed by atoms with van der Waals surface area (Å²) in [4.78, 5) is 18.9. The van der Waals surface area contributed by atoms with E-state index >= 15 is 0 Å². The molecule has 1 amide bonds. The number of para-hydroxylation sites is 1. The molecule has 5 rings (SSSR count). The number of aromatic amines is 1. The summed E-state index contributed by atoms with van der Waals surface area (Å²) in [5.41, 5.74) is 6.48. The lowest BCUT2D eigenvalue weighted by Crippen LogP contribution is -2.31. The summed E-state index contributed by atoms with van der Waals surface area (Å²) in [6.07, 6.45) is 3.50. The number of nitrogens with zero attached hydrogens (tertiary/aromatic N) is 1. The number of amides is 1. The van der Waals surface area contributed by atoms with Crippen LogP contribution in [0.1, 0.15) is 46.5 Å². The van der Waals surface area contributed by atoms with Crippen molar-refractivity contribution < 1.29 is 14.3 Å². The van der Waals surface area contributed by atoms with Gasteiger partial charge >= 0.3 is 0 Å². The minimum atomic E-state index is -0.0709. The largest absolute Gasteiger partial charge is 0.491 e. The van der Waals surface area contributed by atoms with Crippen molar-refractivity contribution in [1.82, 2.24) is 15.2 Å². The number of nitrogens with one attached hydrogen (secondary N) is 2. The third-order valence-corrected chi connectivity index (χ3v) is 7.13. The van der Waals surface area contributed by atoms with Gasteiger partial charge in [0.25, 0.3) is 5.91 Å². The maximum atomic E-state index is 13.1. The van der Waals surface area contributed by atoms with Crippen LogP contribution in [0.2, 0.25) is 0 Å². The van der Waals surface area contributed by atoms with E-state index in [0.29, 0.717) is 44.3 Å². The molecule has 0 spiro atoms. The molecule has 39 heavy (non-hydrogen) atoms. The second-order valence-corrected chi connectivity index (χ2v) is 10.8. The molecule has 3 aromatic carbocycles. The highest BCUT2D eigenvalue weighted by Crippen LogP contribution is 2.25. The lowest BCUT2D eigenvalue weighted by atomic mass is 9.99. The Balaban J connectivity index is 1.30. The van der Waals surface area contributed by atoms with Crippen LogP contribution in [-0.2, 0) is 24.1 Å². The van der Waals surface area contributed by atoms with E-state index in [1.807, 2.05) is 36.5 Å². The molecule has 0 saturated heterocycles. The van der Waals surface area contributed by atoms with E-state index in [-0.39, 0.29) is 5.91 Å². The molecule has 0 atom stereocenters. The third-order valence-electron chi connectivity index (χ3n) is 7.13. The SMILES string of the molecule is CC(C)CN1CCOCCOc2ccc(C(=O)NCCc3c[nH]c4ccccc34)cc2Cc2cccc(c2)C1. The Morgan fingerprint density at radius 1 is 1.00 bits per heavy atom. The number of H-pyrrole nitrogens is 1. The molecular weight excluding hydrogens is 486 g/mol. The minimum Gasteiger partial charge on any atom is -0.491 e. The molecule has 0 saturated carbocycles. The van der Waals surface area contributed by atoms with Gasteiger partial charge in [0, 0.05) is 55.3 Å². The number of rotatable bonds is 6. The smallest absolute Gasteiger partial charge is 0.251 e. The van der Waals surface area contributed by atoms with Gasteiger partial charge in [-0.2, -0.15) is 0 Å². The zero-order valence-corrected chi connectivity index (χ0v) is 23.0. The summed E-state index contributed by atoms with van der Waals surface area (Å²) in [7, 11) is 0. The second-order valence-electron chi connectivity index (χ2n) is 10.8. The fraction of sp³-hybridized carbons (Fsp3) is 0.364. The monoisotopic (exact) mass is 525 g/mol. The number of hydrogen-bond donors (Lipinski definition) is 2. The Bertz CT molecular complexity index is 1390. The summed E-state index contributed by atoms with van der Waals surface area (Å²) in [6, 6.07) is 22.7. The first-order valence-corrected chi connectivity index (χ1v) is 14.0. The van der Waals surface area contributed by atoms with Crippen molar-refractivity contribution >= 4 is 16.8 Å². The molecule has 1 aromatic heterocycles. The summed E-state index contributed by atoms with van der Waals surface area (Å²) >= 11 is 0. The number of carbonyl (C=O) groups is 1. The van der Waals surface area contributed by atoms with E-state index in [1.165, 1.54) is 22.1 Å². The van der Waals surface area contributed by atoms with Crippen LogP contribution in [0.15, 0.2) is 72.9 Å². The summed E-state index contributed by atoms with van der Waals surface area (Å²) < 4.78 is 12.0. The number of hydrogen-bond acceptors (Lipinski definition) is 4. The van der Waals surface area contributed by atoms with E-state index < -0.39 is 0 Å². The Kier molecular flexibility index (Phi) is 8.96. The molecule has 2 bridgehead atoms. The molecule has 0 radical (unpaired) electrons. The average molecular weight is 526 g/mol. The van der Waals surface area contributed by atoms with Gasteiger partial charge in [0.05, 0.1) is 13.2 Å². The first-order chi connectivity index (χ1) is 19.0. The van der Waals surface area contributed by atoms with Crippen LogP contribution in [-0.4, -0.2) is 55.2 Å². The lowest BCUT2D eigenvalue weighted by molar-refractivity contribution is 0.0746. The van der Waals surface area contributed by atoms with Gasteiger partial charge in [0.15, 0.2) is 0 Å². The van der Waals surface area contributed by atoms with Crippen molar-refractivity contribution in [1.29, 1.82) is 0 Å². The van der Waals surface area contributed by atoms with Crippen molar-refractivity contribution in [3.05, 3.63) is 101 Å². The van der Waals surface area contributed by atoms with Gasteiger partial charge in [0.2, 0.25) is 0 Å². The molecule has 1 aliphatic rings. The number of benzene rings is 3. The number of fused-ring (bicyclic) bond motifs is 4. The van der Waals surface area contributed by atoms with Gasteiger partial charge in [-0.15, -0.1) is 0 Å². The number of aromatic nitrogens is 1. The van der Waals surface area contributed by atoms with E-state index in [9.17, 15) is 4.79 Å². The Hall–Kier alpha value is -3.61. The van der Waals surface area contributed by atoms with E-state index in [2.05, 4.69) is 65.4 Å². The maximum Gasteiger partial charge on any atom is 0.251 e. The molecule has 6 nitrogen and oxygen atoms in total. The maximum absolute atomic E-state index is 13.1.